The van der Waals surface area contributed by atoms with E-state index in [0.717, 1.165) is 6.07 Å². The predicted molar refractivity (Wildman–Crippen MR) is 63.2 cm³/mol. The van der Waals surface area contributed by atoms with E-state index in [4.69, 9.17) is 10.5 Å². The minimum Gasteiger partial charge on any atom is -0.495 e. The van der Waals surface area contributed by atoms with Crippen molar-refractivity contribution in [3.8, 4) is 5.75 Å². The van der Waals surface area contributed by atoms with Crippen molar-refractivity contribution >= 4 is 15.9 Å². The largest absolute Gasteiger partial charge is 0.495 e. The Morgan fingerprint density at radius 3 is 2.41 bits per heavy atom. The van der Waals surface area contributed by atoms with Gasteiger partial charge in [0.25, 0.3) is 0 Å². The quantitative estimate of drug-likeness (QED) is 0.926. The molecule has 17 heavy (non-hydrogen) atoms. The van der Waals surface area contributed by atoms with Gasteiger partial charge in [0.1, 0.15) is 5.75 Å². The maximum Gasteiger partial charge on any atom is 0.420 e. The molecular formula is C11H13BrF3NO. The highest BCUT2D eigenvalue weighted by atomic mass is 79.9. The average molecular weight is 312 g/mol. The number of rotatable bonds is 3. The van der Waals surface area contributed by atoms with Crippen molar-refractivity contribution in [2.45, 2.75) is 19.0 Å². The molecule has 1 unspecified atom stereocenters. The first-order chi connectivity index (χ1) is 7.81. The first kappa shape index (κ1) is 14.3. The van der Waals surface area contributed by atoms with Crippen LogP contribution in [0.2, 0.25) is 0 Å². The fourth-order valence-electron chi connectivity index (χ4n) is 1.45. The zero-order valence-corrected chi connectivity index (χ0v) is 11.0. The maximum absolute atomic E-state index is 12.8. The Bertz CT molecular complexity index is 406. The van der Waals surface area contributed by atoms with Crippen LogP contribution < -0.4 is 10.5 Å². The SMILES string of the molecule is COc1c(Br)cc(C(C)CN)cc1C(F)(F)F. The van der Waals surface area contributed by atoms with Crippen molar-refractivity contribution in [3.05, 3.63) is 27.7 Å². The van der Waals surface area contributed by atoms with Crippen LogP contribution in [-0.2, 0) is 6.18 Å². The van der Waals surface area contributed by atoms with E-state index in [0.29, 0.717) is 5.56 Å². The lowest BCUT2D eigenvalue weighted by molar-refractivity contribution is -0.138. The van der Waals surface area contributed by atoms with Crippen molar-refractivity contribution in [2.24, 2.45) is 5.73 Å². The second-order valence-electron chi connectivity index (χ2n) is 3.72. The van der Waals surface area contributed by atoms with Crippen LogP contribution in [-0.4, -0.2) is 13.7 Å². The van der Waals surface area contributed by atoms with E-state index in [1.54, 1.807) is 13.0 Å². The molecule has 6 heteroatoms. The van der Waals surface area contributed by atoms with Crippen molar-refractivity contribution in [1.82, 2.24) is 0 Å². The van der Waals surface area contributed by atoms with E-state index in [1.807, 2.05) is 0 Å². The molecule has 0 aliphatic carbocycles. The topological polar surface area (TPSA) is 35.2 Å². The van der Waals surface area contributed by atoms with Gasteiger partial charge < -0.3 is 10.5 Å². The molecule has 0 aliphatic rings. The third-order valence-corrected chi connectivity index (χ3v) is 3.09. The zero-order valence-electron chi connectivity index (χ0n) is 9.44. The number of halogens is 4. The summed E-state index contributed by atoms with van der Waals surface area (Å²) in [5, 5.41) is 0. The molecule has 0 heterocycles. The zero-order chi connectivity index (χ0) is 13.2. The molecule has 0 bridgehead atoms. The van der Waals surface area contributed by atoms with Gasteiger partial charge in [-0.05, 0) is 46.1 Å². The summed E-state index contributed by atoms with van der Waals surface area (Å²) >= 11 is 3.08. The Morgan fingerprint density at radius 1 is 1.41 bits per heavy atom. The number of hydrogen-bond donors (Lipinski definition) is 1. The number of ether oxygens (including phenoxy) is 1. The number of hydrogen-bond acceptors (Lipinski definition) is 2. The molecule has 0 spiro atoms. The van der Waals surface area contributed by atoms with Crippen molar-refractivity contribution in [2.75, 3.05) is 13.7 Å². The van der Waals surface area contributed by atoms with Gasteiger partial charge in [-0.3, -0.25) is 0 Å². The molecule has 2 nitrogen and oxygen atoms in total. The normalized spacial score (nSPS) is 13.6. The molecule has 0 radical (unpaired) electrons. The van der Waals surface area contributed by atoms with Gasteiger partial charge in [0.2, 0.25) is 0 Å². The van der Waals surface area contributed by atoms with Crippen molar-refractivity contribution in [3.63, 3.8) is 0 Å². The summed E-state index contributed by atoms with van der Waals surface area (Å²) in [6.45, 7) is 2.06. The number of benzene rings is 1. The highest BCUT2D eigenvalue weighted by Crippen LogP contribution is 2.42. The molecule has 0 saturated carbocycles. The van der Waals surface area contributed by atoms with Crippen molar-refractivity contribution in [1.29, 1.82) is 0 Å². The third kappa shape index (κ3) is 3.13. The smallest absolute Gasteiger partial charge is 0.420 e. The van der Waals surface area contributed by atoms with E-state index < -0.39 is 11.7 Å². The molecule has 2 N–H and O–H groups in total. The molecular weight excluding hydrogens is 299 g/mol. The summed E-state index contributed by atoms with van der Waals surface area (Å²) < 4.78 is 43.5. The summed E-state index contributed by atoms with van der Waals surface area (Å²) in [6.07, 6.45) is -4.45. The van der Waals surface area contributed by atoms with Gasteiger partial charge in [-0.15, -0.1) is 0 Å². The van der Waals surface area contributed by atoms with Crippen LogP contribution >= 0.6 is 15.9 Å². The number of methoxy groups -OCH3 is 1. The minimum absolute atomic E-state index is 0.140. The Morgan fingerprint density at radius 2 is 2.00 bits per heavy atom. The van der Waals surface area contributed by atoms with E-state index >= 15 is 0 Å². The highest BCUT2D eigenvalue weighted by Gasteiger charge is 2.36. The minimum atomic E-state index is -4.45. The number of alkyl halides is 3. The lowest BCUT2D eigenvalue weighted by atomic mass is 9.98. The standard InChI is InChI=1S/C11H13BrF3NO/c1-6(5-16)7-3-8(11(13,14)15)10(17-2)9(12)4-7/h3-4,6H,5,16H2,1-2H3. The fourth-order valence-corrected chi connectivity index (χ4v) is 2.09. The van der Waals surface area contributed by atoms with Crippen LogP contribution in [0.1, 0.15) is 24.0 Å². The fraction of sp³-hybridized carbons (Fsp3) is 0.455. The third-order valence-electron chi connectivity index (χ3n) is 2.50. The van der Waals surface area contributed by atoms with Crippen molar-refractivity contribution < 1.29 is 17.9 Å². The van der Waals surface area contributed by atoms with Gasteiger partial charge in [-0.1, -0.05) is 6.92 Å². The van der Waals surface area contributed by atoms with Gasteiger partial charge in [0.05, 0.1) is 17.1 Å². The summed E-state index contributed by atoms with van der Waals surface area (Å²) in [4.78, 5) is 0. The van der Waals surface area contributed by atoms with E-state index in [1.165, 1.54) is 7.11 Å². The van der Waals surface area contributed by atoms with E-state index in [2.05, 4.69) is 15.9 Å². The summed E-state index contributed by atoms with van der Waals surface area (Å²) in [5.74, 6) is -0.344. The number of nitrogens with two attached hydrogens (primary N) is 1. The van der Waals surface area contributed by atoms with Crippen LogP contribution in [0.25, 0.3) is 0 Å². The van der Waals surface area contributed by atoms with Gasteiger partial charge in [-0.25, -0.2) is 0 Å². The lowest BCUT2D eigenvalue weighted by Crippen LogP contribution is -2.13. The van der Waals surface area contributed by atoms with E-state index in [9.17, 15) is 13.2 Å². The second-order valence-corrected chi connectivity index (χ2v) is 4.57. The first-order valence-corrected chi connectivity index (χ1v) is 5.75. The van der Waals surface area contributed by atoms with Crippen LogP contribution in [0.3, 0.4) is 0 Å². The molecule has 96 valence electrons. The van der Waals surface area contributed by atoms with Crippen LogP contribution in [0.5, 0.6) is 5.75 Å². The molecule has 1 rings (SSSR count). The molecule has 1 atom stereocenters. The van der Waals surface area contributed by atoms with Crippen LogP contribution in [0.15, 0.2) is 16.6 Å². The first-order valence-electron chi connectivity index (χ1n) is 4.96. The molecule has 0 fully saturated rings. The highest BCUT2D eigenvalue weighted by molar-refractivity contribution is 9.10. The van der Waals surface area contributed by atoms with E-state index in [-0.39, 0.29) is 22.7 Å². The van der Waals surface area contributed by atoms with Crippen LogP contribution in [0, 0.1) is 0 Å². The molecule has 0 saturated heterocycles. The second kappa shape index (κ2) is 5.27. The molecule has 0 aliphatic heterocycles. The summed E-state index contributed by atoms with van der Waals surface area (Å²) in [5.41, 5.74) is 5.20. The maximum atomic E-state index is 12.8. The monoisotopic (exact) mass is 311 g/mol. The Hall–Kier alpha value is -0.750. The Kier molecular flexibility index (Phi) is 4.43. The van der Waals surface area contributed by atoms with Gasteiger partial charge in [0.15, 0.2) is 0 Å². The van der Waals surface area contributed by atoms with Gasteiger partial charge in [-0.2, -0.15) is 13.2 Å². The summed E-state index contributed by atoms with van der Waals surface area (Å²) in [7, 11) is 1.21. The average Bonchev–Trinajstić information content (AvgIpc) is 2.25. The molecule has 1 aromatic rings. The lowest BCUT2D eigenvalue weighted by Gasteiger charge is -2.17. The predicted octanol–water partition coefficient (Wildman–Crippen LogP) is 3.54. The summed E-state index contributed by atoms with van der Waals surface area (Å²) in [6, 6.07) is 2.69. The Balaban J connectivity index is 3.39. The van der Waals surface area contributed by atoms with Crippen LogP contribution in [0.4, 0.5) is 13.2 Å². The molecule has 0 aromatic heterocycles. The Labute approximate surface area is 106 Å². The van der Waals surface area contributed by atoms with Gasteiger partial charge >= 0.3 is 6.18 Å². The molecule has 1 aromatic carbocycles. The molecule has 0 amide bonds. The van der Waals surface area contributed by atoms with Gasteiger partial charge in [0, 0.05) is 0 Å².